The third kappa shape index (κ3) is 7.47. The molecule has 1 aliphatic heterocycles. The van der Waals surface area contributed by atoms with Crippen molar-refractivity contribution < 1.29 is 4.74 Å². The Hall–Kier alpha value is -4.15. The fourth-order valence-corrected chi connectivity index (χ4v) is 3.35. The van der Waals surface area contributed by atoms with Crippen LogP contribution in [0.25, 0.3) is 5.57 Å². The molecule has 3 aromatic rings. The van der Waals surface area contributed by atoms with Crippen molar-refractivity contribution in [3.8, 4) is 11.9 Å². The van der Waals surface area contributed by atoms with Gasteiger partial charge in [-0.05, 0) is 36.7 Å². The summed E-state index contributed by atoms with van der Waals surface area (Å²) in [5, 5.41) is 15.6. The van der Waals surface area contributed by atoms with Crippen molar-refractivity contribution in [1.29, 1.82) is 5.26 Å². The van der Waals surface area contributed by atoms with E-state index >= 15 is 0 Å². The van der Waals surface area contributed by atoms with Crippen LogP contribution >= 0.6 is 0 Å². The van der Waals surface area contributed by atoms with Crippen LogP contribution in [0.4, 0.5) is 5.69 Å². The van der Waals surface area contributed by atoms with Gasteiger partial charge in [0.05, 0.1) is 23.9 Å². The van der Waals surface area contributed by atoms with Crippen molar-refractivity contribution in [3.05, 3.63) is 95.8 Å². The fourth-order valence-electron chi connectivity index (χ4n) is 3.35. The van der Waals surface area contributed by atoms with Crippen LogP contribution in [-0.4, -0.2) is 44.0 Å². The first-order chi connectivity index (χ1) is 16.7. The Balaban J connectivity index is 0.000000469. The lowest BCUT2D eigenvalue weighted by molar-refractivity contribution is 0.194. The van der Waals surface area contributed by atoms with E-state index in [1.807, 2.05) is 66.7 Å². The van der Waals surface area contributed by atoms with Gasteiger partial charge in [-0.2, -0.15) is 5.26 Å². The summed E-state index contributed by atoms with van der Waals surface area (Å²) in [7, 11) is 1.70. The Labute approximate surface area is 201 Å². The predicted octanol–water partition coefficient (Wildman–Crippen LogP) is 3.65. The molecule has 4 N–H and O–H groups in total. The molecule has 34 heavy (non-hydrogen) atoms. The molecule has 1 unspecified atom stereocenters. The van der Waals surface area contributed by atoms with E-state index in [0.717, 1.165) is 36.3 Å². The number of fused-ring (bicyclic) bond motifs is 1. The summed E-state index contributed by atoms with van der Waals surface area (Å²) in [6.07, 6.45) is 5.86. The molecule has 0 aliphatic carbocycles. The number of allylic oxidation sites excluding steroid dienone is 1. The topological polar surface area (TPSA) is 108 Å². The van der Waals surface area contributed by atoms with Gasteiger partial charge >= 0.3 is 0 Å². The zero-order chi connectivity index (χ0) is 24.0. The number of anilines is 1. The number of rotatable bonds is 7. The number of pyridine rings is 1. The molecule has 0 bridgehead atoms. The largest absolute Gasteiger partial charge is 0.470 e. The van der Waals surface area contributed by atoms with Crippen molar-refractivity contribution in [2.75, 3.05) is 32.0 Å². The lowest BCUT2D eigenvalue weighted by Gasteiger charge is -2.27. The Morgan fingerprint density at radius 1 is 1.24 bits per heavy atom. The second-order valence-corrected chi connectivity index (χ2v) is 7.62. The highest BCUT2D eigenvalue weighted by Crippen LogP contribution is 2.29. The smallest absolute Gasteiger partial charge is 0.237 e. The van der Waals surface area contributed by atoms with Gasteiger partial charge < -0.3 is 21.1 Å². The van der Waals surface area contributed by atoms with Crippen LogP contribution < -0.4 is 21.1 Å². The maximum absolute atomic E-state index is 8.83. The van der Waals surface area contributed by atoms with Gasteiger partial charge in [0.15, 0.2) is 0 Å². The van der Waals surface area contributed by atoms with E-state index in [2.05, 4.69) is 26.7 Å². The van der Waals surface area contributed by atoms with Crippen LogP contribution in [0.2, 0.25) is 0 Å². The molecule has 0 saturated carbocycles. The van der Waals surface area contributed by atoms with Gasteiger partial charge in [-0.25, -0.2) is 4.98 Å². The van der Waals surface area contributed by atoms with Crippen molar-refractivity contribution in [2.24, 2.45) is 10.7 Å². The minimum absolute atomic E-state index is 0.00791. The zero-order valence-corrected chi connectivity index (χ0v) is 19.3. The molecular formula is C27H30N6O. The summed E-state index contributed by atoms with van der Waals surface area (Å²) in [6, 6.07) is 23.8. The molecule has 1 atom stereocenters. The first-order valence-corrected chi connectivity index (χ1v) is 11.2. The maximum atomic E-state index is 8.83. The first-order valence-electron chi connectivity index (χ1n) is 11.2. The van der Waals surface area contributed by atoms with Crippen molar-refractivity contribution in [2.45, 2.75) is 12.5 Å². The number of hydrogen-bond donors (Lipinski definition) is 3. The summed E-state index contributed by atoms with van der Waals surface area (Å²) in [5.41, 5.74) is 10.1. The molecule has 0 spiro atoms. The van der Waals surface area contributed by atoms with E-state index in [4.69, 9.17) is 15.7 Å². The molecule has 1 aromatic heterocycles. The van der Waals surface area contributed by atoms with Crippen LogP contribution in [0, 0.1) is 11.3 Å². The van der Waals surface area contributed by atoms with Gasteiger partial charge in [0.2, 0.25) is 5.88 Å². The molecule has 0 saturated heterocycles. The summed E-state index contributed by atoms with van der Waals surface area (Å²) < 4.78 is 5.99. The number of aliphatic imine (C=N–C) groups is 1. The average molecular weight is 455 g/mol. The second-order valence-electron chi connectivity index (χ2n) is 7.62. The number of benzene rings is 2. The van der Waals surface area contributed by atoms with Gasteiger partial charge in [0.25, 0.3) is 0 Å². The summed E-state index contributed by atoms with van der Waals surface area (Å²) >= 11 is 0. The van der Waals surface area contributed by atoms with E-state index in [1.165, 1.54) is 11.8 Å². The molecular weight excluding hydrogens is 424 g/mol. The molecule has 0 fully saturated rings. The van der Waals surface area contributed by atoms with Gasteiger partial charge in [-0.1, -0.05) is 48.5 Å². The van der Waals surface area contributed by atoms with Gasteiger partial charge in [-0.3, -0.25) is 4.99 Å². The normalized spacial score (nSPS) is 14.7. The van der Waals surface area contributed by atoms with Gasteiger partial charge in [0, 0.05) is 43.3 Å². The maximum Gasteiger partial charge on any atom is 0.237 e. The number of nitrogens with one attached hydrogen (secondary N) is 2. The Morgan fingerprint density at radius 2 is 1.94 bits per heavy atom. The predicted molar refractivity (Wildman–Crippen MR) is 138 cm³/mol. The van der Waals surface area contributed by atoms with Gasteiger partial charge in [0.1, 0.15) is 6.10 Å². The highest BCUT2D eigenvalue weighted by Gasteiger charge is 2.20. The third-order valence-corrected chi connectivity index (χ3v) is 5.14. The Bertz CT molecular complexity index is 1090. The summed E-state index contributed by atoms with van der Waals surface area (Å²) in [5.74, 6) is 0.596. The lowest BCUT2D eigenvalue weighted by atomic mass is 10.1. The van der Waals surface area contributed by atoms with Crippen molar-refractivity contribution >= 4 is 17.5 Å². The lowest BCUT2D eigenvalue weighted by Crippen LogP contribution is -2.40. The van der Waals surface area contributed by atoms with Crippen LogP contribution in [-0.2, 0) is 6.42 Å². The van der Waals surface area contributed by atoms with E-state index < -0.39 is 0 Å². The third-order valence-electron chi connectivity index (χ3n) is 5.14. The number of nitrogens with two attached hydrogens (primary N) is 1. The van der Waals surface area contributed by atoms with E-state index in [9.17, 15) is 0 Å². The molecule has 2 aromatic carbocycles. The van der Waals surface area contributed by atoms with Crippen LogP contribution in [0.5, 0.6) is 5.88 Å². The van der Waals surface area contributed by atoms with Crippen molar-refractivity contribution in [1.82, 2.24) is 10.3 Å². The highest BCUT2D eigenvalue weighted by atomic mass is 16.5. The van der Waals surface area contributed by atoms with E-state index in [1.54, 1.807) is 19.5 Å². The van der Waals surface area contributed by atoms with Crippen LogP contribution in [0.15, 0.2) is 84.1 Å². The number of ether oxygens (including phenoxy) is 1. The fraction of sp³-hybridized carbons (Fsp3) is 0.222. The molecule has 1 aliphatic rings. The zero-order valence-electron chi connectivity index (χ0n) is 19.3. The SMILES string of the molecule is CN=C/C(=C\N)c1cnc2c(c1)NCC(CNCCc1ccc(C#N)cc1)O2.c1ccccc1. The quantitative estimate of drug-likeness (QED) is 0.372. The number of nitriles is 1. The molecule has 2 heterocycles. The molecule has 7 heteroatoms. The Morgan fingerprint density at radius 3 is 2.56 bits per heavy atom. The number of hydrogen-bond acceptors (Lipinski definition) is 7. The highest BCUT2D eigenvalue weighted by molar-refractivity contribution is 6.09. The van der Waals surface area contributed by atoms with Crippen LogP contribution in [0.3, 0.4) is 0 Å². The van der Waals surface area contributed by atoms with Gasteiger partial charge in [-0.15, -0.1) is 0 Å². The summed E-state index contributed by atoms with van der Waals surface area (Å²) in [4.78, 5) is 8.42. The molecule has 0 radical (unpaired) electrons. The van der Waals surface area contributed by atoms with E-state index in [0.29, 0.717) is 18.0 Å². The average Bonchev–Trinajstić information content (AvgIpc) is 2.91. The first kappa shape index (κ1) is 24.5. The number of aromatic nitrogens is 1. The van der Waals surface area contributed by atoms with Crippen molar-refractivity contribution in [3.63, 3.8) is 0 Å². The summed E-state index contributed by atoms with van der Waals surface area (Å²) in [6.45, 7) is 2.26. The minimum atomic E-state index is 0.00791. The molecule has 0 amide bonds. The molecule has 174 valence electrons. The Kier molecular flexibility index (Phi) is 9.66. The van der Waals surface area contributed by atoms with Crippen LogP contribution in [0.1, 0.15) is 16.7 Å². The monoisotopic (exact) mass is 454 g/mol. The molecule has 7 nitrogen and oxygen atoms in total. The van der Waals surface area contributed by atoms with E-state index in [-0.39, 0.29) is 6.10 Å². The second kappa shape index (κ2) is 13.4. The minimum Gasteiger partial charge on any atom is -0.470 e. The standard InChI is InChI=1S/C21H24N6O.C6H6/c1-24-11-18(10-23)17-8-20-21(27-12-17)28-19(14-26-20)13-25-7-6-15-2-4-16(9-22)5-3-15;1-2-4-6-5-3-1/h2-5,8,10-12,19,25-26H,6-7,13-14,23H2,1H3;1-6H/b18-10+,24-11?;. The molecule has 4 rings (SSSR count). The number of nitrogens with zero attached hydrogens (tertiary/aromatic N) is 3.